The number of nitrogens with zero attached hydrogens (tertiary/aromatic N) is 1. The van der Waals surface area contributed by atoms with Crippen molar-refractivity contribution < 1.29 is 4.79 Å². The third-order valence-corrected chi connectivity index (χ3v) is 4.25. The van der Waals surface area contributed by atoms with Gasteiger partial charge in [-0.05, 0) is 37.3 Å². The molecule has 2 unspecified atom stereocenters. The van der Waals surface area contributed by atoms with E-state index in [0.29, 0.717) is 6.54 Å². The topological polar surface area (TPSA) is 32.3 Å². The molecule has 0 aliphatic carbocycles. The summed E-state index contributed by atoms with van der Waals surface area (Å²) in [7, 11) is 0. The average molecular weight is 264 g/mol. The molecule has 0 radical (unpaired) electrons. The first-order valence-corrected chi connectivity index (χ1v) is 7.58. The van der Waals surface area contributed by atoms with E-state index in [-0.39, 0.29) is 18.1 Å². The molecule has 1 heterocycles. The highest BCUT2D eigenvalue weighted by Crippen LogP contribution is 2.27. The van der Waals surface area contributed by atoms with Crippen LogP contribution in [-0.2, 0) is 4.79 Å². The molecule has 98 valence electrons. The van der Waals surface area contributed by atoms with Gasteiger partial charge in [-0.2, -0.15) is 0 Å². The summed E-state index contributed by atoms with van der Waals surface area (Å²) in [5, 5.41) is 3.30. The zero-order chi connectivity index (χ0) is 13.1. The Labute approximate surface area is 113 Å². The number of carbonyl (C=O) groups is 1. The van der Waals surface area contributed by atoms with Crippen LogP contribution in [0.3, 0.4) is 0 Å². The van der Waals surface area contributed by atoms with Crippen molar-refractivity contribution in [3.63, 3.8) is 0 Å². The summed E-state index contributed by atoms with van der Waals surface area (Å²) in [5.74, 6) is 0.197. The number of hydrogen-bond donors (Lipinski definition) is 1. The molecule has 4 heteroatoms. The van der Waals surface area contributed by atoms with Gasteiger partial charge >= 0.3 is 0 Å². The van der Waals surface area contributed by atoms with Gasteiger partial charge in [0.15, 0.2) is 0 Å². The molecule has 18 heavy (non-hydrogen) atoms. The van der Waals surface area contributed by atoms with Gasteiger partial charge in [-0.25, -0.2) is 0 Å². The molecule has 1 aromatic rings. The van der Waals surface area contributed by atoms with Crippen LogP contribution >= 0.6 is 11.8 Å². The van der Waals surface area contributed by atoms with E-state index in [1.54, 1.807) is 11.8 Å². The lowest BCUT2D eigenvalue weighted by Crippen LogP contribution is -2.37. The van der Waals surface area contributed by atoms with Gasteiger partial charge in [0.1, 0.15) is 6.17 Å². The molecular weight excluding hydrogens is 244 g/mol. The number of thioether (sulfide) groups is 1. The summed E-state index contributed by atoms with van der Waals surface area (Å²) in [5.41, 5.74) is 1.17. The average Bonchev–Trinajstić information content (AvgIpc) is 2.80. The smallest absolute Gasteiger partial charge is 0.238 e. The minimum Gasteiger partial charge on any atom is -0.319 e. The minimum absolute atomic E-state index is 0.0309. The maximum atomic E-state index is 11.9. The second kappa shape index (κ2) is 5.76. The molecule has 2 rings (SSSR count). The molecule has 0 spiro atoms. The summed E-state index contributed by atoms with van der Waals surface area (Å²) in [6.45, 7) is 4.66. The summed E-state index contributed by atoms with van der Waals surface area (Å²) in [6.07, 6.45) is 3.08. The van der Waals surface area contributed by atoms with Crippen LogP contribution in [0.15, 0.2) is 29.2 Å². The molecule has 1 N–H and O–H groups in total. The van der Waals surface area contributed by atoms with E-state index in [1.807, 2.05) is 4.90 Å². The molecule has 1 aliphatic heterocycles. The summed E-state index contributed by atoms with van der Waals surface area (Å²) < 4.78 is 0. The number of nitrogens with one attached hydrogen (secondary N) is 1. The van der Waals surface area contributed by atoms with Crippen LogP contribution in [0, 0.1) is 0 Å². The first kappa shape index (κ1) is 13.4. The fraction of sp³-hybridized carbons (Fsp3) is 0.500. The van der Waals surface area contributed by atoms with Gasteiger partial charge < -0.3 is 4.90 Å². The highest BCUT2D eigenvalue weighted by molar-refractivity contribution is 7.98. The number of rotatable bonds is 4. The predicted octanol–water partition coefficient (Wildman–Crippen LogP) is 2.64. The van der Waals surface area contributed by atoms with Crippen LogP contribution in [0.25, 0.3) is 0 Å². The van der Waals surface area contributed by atoms with Crippen LogP contribution in [-0.4, -0.2) is 29.6 Å². The Balaban J connectivity index is 2.22. The Hall–Kier alpha value is -1.00. The normalized spacial score (nSPS) is 21.4. The first-order chi connectivity index (χ1) is 8.67. The van der Waals surface area contributed by atoms with Crippen LogP contribution < -0.4 is 5.32 Å². The number of carbonyl (C=O) groups excluding carboxylic acids is 1. The Bertz CT molecular complexity index is 418. The van der Waals surface area contributed by atoms with Crippen LogP contribution in [0.2, 0.25) is 0 Å². The molecule has 1 amide bonds. The second-order valence-electron chi connectivity index (χ2n) is 4.61. The van der Waals surface area contributed by atoms with Crippen LogP contribution in [0.4, 0.5) is 0 Å². The SMILES string of the molecule is CCC(C)N1C(=O)CNC1c1ccc(SC)cc1. The largest absolute Gasteiger partial charge is 0.319 e. The Kier molecular flexibility index (Phi) is 4.30. The van der Waals surface area contributed by atoms with Crippen molar-refractivity contribution in [2.24, 2.45) is 0 Å². The molecular formula is C14H20N2OS. The van der Waals surface area contributed by atoms with E-state index < -0.39 is 0 Å². The molecule has 1 aromatic carbocycles. The second-order valence-corrected chi connectivity index (χ2v) is 5.49. The van der Waals surface area contributed by atoms with Crippen molar-refractivity contribution in [1.82, 2.24) is 10.2 Å². The van der Waals surface area contributed by atoms with E-state index in [1.165, 1.54) is 10.5 Å². The molecule has 3 nitrogen and oxygen atoms in total. The van der Waals surface area contributed by atoms with Crippen molar-refractivity contribution in [2.45, 2.75) is 37.4 Å². The lowest BCUT2D eigenvalue weighted by molar-refractivity contribution is -0.130. The van der Waals surface area contributed by atoms with Crippen molar-refractivity contribution in [2.75, 3.05) is 12.8 Å². The van der Waals surface area contributed by atoms with Gasteiger partial charge in [0.25, 0.3) is 0 Å². The summed E-state index contributed by atoms with van der Waals surface area (Å²) >= 11 is 1.73. The quantitative estimate of drug-likeness (QED) is 0.849. The van der Waals surface area contributed by atoms with E-state index in [4.69, 9.17) is 0 Å². The van der Waals surface area contributed by atoms with Gasteiger partial charge in [-0.3, -0.25) is 10.1 Å². The molecule has 1 saturated heterocycles. The summed E-state index contributed by atoms with van der Waals surface area (Å²) in [4.78, 5) is 15.2. The van der Waals surface area contributed by atoms with Crippen molar-refractivity contribution in [3.05, 3.63) is 29.8 Å². The van der Waals surface area contributed by atoms with Gasteiger partial charge in [0.05, 0.1) is 6.54 Å². The van der Waals surface area contributed by atoms with Crippen molar-refractivity contribution in [1.29, 1.82) is 0 Å². The fourth-order valence-electron chi connectivity index (χ4n) is 2.28. The van der Waals surface area contributed by atoms with Crippen LogP contribution in [0.1, 0.15) is 32.0 Å². The Morgan fingerprint density at radius 2 is 2.11 bits per heavy atom. The maximum absolute atomic E-state index is 11.9. The highest BCUT2D eigenvalue weighted by Gasteiger charge is 2.34. The minimum atomic E-state index is 0.0309. The van der Waals surface area contributed by atoms with Crippen LogP contribution in [0.5, 0.6) is 0 Å². The molecule has 1 aliphatic rings. The van der Waals surface area contributed by atoms with E-state index in [0.717, 1.165) is 6.42 Å². The van der Waals surface area contributed by atoms with Gasteiger partial charge in [-0.15, -0.1) is 11.8 Å². The van der Waals surface area contributed by atoms with Gasteiger partial charge in [-0.1, -0.05) is 19.1 Å². The molecule has 2 atom stereocenters. The molecule has 0 bridgehead atoms. The van der Waals surface area contributed by atoms with Crippen molar-refractivity contribution in [3.8, 4) is 0 Å². The zero-order valence-electron chi connectivity index (χ0n) is 11.1. The fourth-order valence-corrected chi connectivity index (χ4v) is 2.69. The summed E-state index contributed by atoms with van der Waals surface area (Å²) in [6, 6.07) is 8.71. The standard InChI is InChI=1S/C14H20N2OS/c1-4-10(2)16-13(17)9-15-14(16)11-5-7-12(18-3)8-6-11/h5-8,10,14-15H,4,9H2,1-3H3. The first-order valence-electron chi connectivity index (χ1n) is 6.36. The number of hydrogen-bond acceptors (Lipinski definition) is 3. The lowest BCUT2D eigenvalue weighted by atomic mass is 10.1. The van der Waals surface area contributed by atoms with E-state index >= 15 is 0 Å². The molecule has 0 saturated carbocycles. The molecule has 0 aromatic heterocycles. The predicted molar refractivity (Wildman–Crippen MR) is 75.6 cm³/mol. The highest BCUT2D eigenvalue weighted by atomic mass is 32.2. The van der Waals surface area contributed by atoms with Gasteiger partial charge in [0, 0.05) is 10.9 Å². The number of benzene rings is 1. The third-order valence-electron chi connectivity index (χ3n) is 3.51. The van der Waals surface area contributed by atoms with Crippen molar-refractivity contribution >= 4 is 17.7 Å². The Morgan fingerprint density at radius 3 is 2.67 bits per heavy atom. The monoisotopic (exact) mass is 264 g/mol. The Morgan fingerprint density at radius 1 is 1.44 bits per heavy atom. The van der Waals surface area contributed by atoms with E-state index in [9.17, 15) is 4.79 Å². The number of amides is 1. The zero-order valence-corrected chi connectivity index (χ0v) is 12.0. The maximum Gasteiger partial charge on any atom is 0.238 e. The third kappa shape index (κ3) is 2.54. The lowest BCUT2D eigenvalue weighted by Gasteiger charge is -2.30. The van der Waals surface area contributed by atoms with Gasteiger partial charge in [0.2, 0.25) is 5.91 Å². The molecule has 1 fully saturated rings. The van der Waals surface area contributed by atoms with E-state index in [2.05, 4.69) is 49.7 Å².